The van der Waals surface area contributed by atoms with Crippen LogP contribution in [0.1, 0.15) is 0 Å². The minimum Gasteiger partial charge on any atom is -0.504 e. The lowest BCUT2D eigenvalue weighted by molar-refractivity contribution is 0.284. The molecular weight excluding hydrogens is 350 g/mol. The highest BCUT2D eigenvalue weighted by atomic mass is 32.3. The molecule has 5 N–H and O–H groups in total. The summed E-state index contributed by atoms with van der Waals surface area (Å²) >= 11 is 0. The molecule has 1 unspecified atom stereocenters. The molecule has 10 nitrogen and oxygen atoms in total. The summed E-state index contributed by atoms with van der Waals surface area (Å²) in [5.41, 5.74) is 4.89. The quantitative estimate of drug-likeness (QED) is 0.283. The Hall–Kier alpha value is -1.25. The van der Waals surface area contributed by atoms with Crippen molar-refractivity contribution < 1.29 is 39.4 Å². The maximum Gasteiger partial charge on any atom is 0.397 e. The molecule has 0 fully saturated rings. The van der Waals surface area contributed by atoms with E-state index in [1.165, 1.54) is 0 Å². The number of phenols is 1. The zero-order valence-electron chi connectivity index (χ0n) is 10.2. The van der Waals surface area contributed by atoms with Gasteiger partial charge in [-0.3, -0.25) is 13.3 Å². The first-order valence-corrected chi connectivity index (χ1v) is 9.14. The van der Waals surface area contributed by atoms with E-state index in [2.05, 4.69) is 4.18 Å². The molecule has 0 bridgehead atoms. The molecule has 0 aliphatic carbocycles. The van der Waals surface area contributed by atoms with Crippen molar-refractivity contribution in [2.24, 2.45) is 0 Å². The second-order valence-corrected chi connectivity index (χ2v) is 7.69. The number of benzene rings is 1. The van der Waals surface area contributed by atoms with Crippen molar-refractivity contribution in [3.05, 3.63) is 12.1 Å². The first-order valence-electron chi connectivity index (χ1n) is 5.02. The van der Waals surface area contributed by atoms with E-state index >= 15 is 0 Å². The minimum atomic E-state index is -4.79. The largest absolute Gasteiger partial charge is 0.504 e. The molecular formula is C8H11NO9S3. The topological polar surface area (TPSA) is 181 Å². The summed E-state index contributed by atoms with van der Waals surface area (Å²) in [4.78, 5) is -1.11. The Bertz CT molecular complexity index is 768. The number of rotatable bonds is 6. The summed E-state index contributed by atoms with van der Waals surface area (Å²) in [5, 5.41) is 9.42. The lowest BCUT2D eigenvalue weighted by Gasteiger charge is -2.08. The predicted molar refractivity (Wildman–Crippen MR) is 71.1 cm³/mol. The van der Waals surface area contributed by atoms with Crippen LogP contribution in [0, 0.1) is 0 Å². The Morgan fingerprint density at radius 3 is 2.24 bits per heavy atom. The molecule has 0 aliphatic heterocycles. The van der Waals surface area contributed by atoms with Gasteiger partial charge in [-0.15, -0.1) is 0 Å². The second kappa shape index (κ2) is 6.25. The van der Waals surface area contributed by atoms with E-state index in [9.17, 15) is 26.2 Å². The van der Waals surface area contributed by atoms with E-state index in [-0.39, 0.29) is 4.90 Å². The summed E-state index contributed by atoms with van der Waals surface area (Å²) in [5.74, 6) is -1.30. The van der Waals surface area contributed by atoms with Crippen LogP contribution in [-0.2, 0) is 35.5 Å². The Kier molecular flexibility index (Phi) is 5.30. The van der Waals surface area contributed by atoms with Crippen molar-refractivity contribution in [2.75, 3.05) is 18.1 Å². The molecule has 0 amide bonds. The van der Waals surface area contributed by atoms with Gasteiger partial charge in [0, 0.05) is 4.90 Å². The van der Waals surface area contributed by atoms with Crippen molar-refractivity contribution in [1.29, 1.82) is 0 Å². The van der Waals surface area contributed by atoms with Crippen molar-refractivity contribution in [1.82, 2.24) is 0 Å². The number of phenolic OH excluding ortho intramolecular Hbond substituents is 1. The lowest BCUT2D eigenvalue weighted by atomic mass is 10.3. The standard InChI is InChI=1S/C8H11NO9S3/c9-6-3-5(4-7(8(6)10)20(12,13)14)19(11)2-1-18-21(15,16)17/h3-4,10H,1-2,9H2,(H,12,13,14)(H,15,16,17). The van der Waals surface area contributed by atoms with E-state index in [1.807, 2.05) is 0 Å². The van der Waals surface area contributed by atoms with Gasteiger partial charge in [-0.2, -0.15) is 16.8 Å². The molecule has 0 saturated carbocycles. The third-order valence-corrected chi connectivity index (χ3v) is 4.75. The van der Waals surface area contributed by atoms with Crippen molar-refractivity contribution >= 4 is 37.0 Å². The van der Waals surface area contributed by atoms with Crippen LogP contribution in [-0.4, -0.2) is 47.6 Å². The summed E-state index contributed by atoms with van der Waals surface area (Å²) in [6.45, 7) is -0.632. The maximum atomic E-state index is 11.8. The number of nitrogen functional groups attached to an aromatic ring is 1. The smallest absolute Gasteiger partial charge is 0.397 e. The maximum absolute atomic E-state index is 11.8. The molecule has 0 radical (unpaired) electrons. The summed E-state index contributed by atoms with van der Waals surface area (Å²) in [7, 11) is -11.4. The third kappa shape index (κ3) is 5.22. The van der Waals surface area contributed by atoms with Crippen LogP contribution in [0.15, 0.2) is 21.9 Å². The first kappa shape index (κ1) is 17.8. The van der Waals surface area contributed by atoms with Gasteiger partial charge in [0.1, 0.15) is 4.90 Å². The molecule has 13 heteroatoms. The third-order valence-electron chi connectivity index (χ3n) is 2.12. The second-order valence-electron chi connectivity index (χ2n) is 3.63. The highest BCUT2D eigenvalue weighted by Gasteiger charge is 2.21. The Labute approximate surface area is 122 Å². The van der Waals surface area contributed by atoms with E-state index in [0.717, 1.165) is 12.1 Å². The van der Waals surface area contributed by atoms with Gasteiger partial charge in [0.15, 0.2) is 5.75 Å². The predicted octanol–water partition coefficient (Wildman–Crippen LogP) is -0.852. The zero-order chi connectivity index (χ0) is 16.4. The molecule has 0 aromatic heterocycles. The van der Waals surface area contributed by atoms with Gasteiger partial charge in [0.2, 0.25) is 0 Å². The highest BCUT2D eigenvalue weighted by molar-refractivity contribution is 7.86. The fourth-order valence-corrected chi connectivity index (χ4v) is 3.35. The number of anilines is 1. The van der Waals surface area contributed by atoms with Gasteiger partial charge >= 0.3 is 10.4 Å². The number of hydrogen-bond donors (Lipinski definition) is 4. The normalized spacial score (nSPS) is 14.0. The molecule has 1 aromatic carbocycles. The van der Waals surface area contributed by atoms with Gasteiger partial charge in [0.05, 0.1) is 28.8 Å². The number of hydrogen-bond acceptors (Lipinski definition) is 8. The Morgan fingerprint density at radius 2 is 1.76 bits per heavy atom. The number of nitrogens with two attached hydrogens (primary N) is 1. The summed E-state index contributed by atoms with van der Waals surface area (Å²) in [6.07, 6.45) is 0. The van der Waals surface area contributed by atoms with Crippen LogP contribution in [0.25, 0.3) is 0 Å². The van der Waals surface area contributed by atoms with Crippen LogP contribution in [0.4, 0.5) is 5.69 Å². The molecule has 0 heterocycles. The van der Waals surface area contributed by atoms with Gasteiger partial charge in [-0.05, 0) is 12.1 Å². The fourth-order valence-electron chi connectivity index (χ4n) is 1.26. The summed E-state index contributed by atoms with van der Waals surface area (Å²) in [6, 6.07) is 1.72. The average Bonchev–Trinajstić information content (AvgIpc) is 2.29. The first-order chi connectivity index (χ1) is 9.42. The van der Waals surface area contributed by atoms with Crippen LogP contribution in [0.2, 0.25) is 0 Å². The van der Waals surface area contributed by atoms with Gasteiger partial charge in [-0.25, -0.2) is 4.18 Å². The molecule has 0 aliphatic rings. The molecule has 0 spiro atoms. The van der Waals surface area contributed by atoms with Gasteiger partial charge in [0.25, 0.3) is 10.1 Å². The number of aromatic hydroxyl groups is 1. The molecule has 21 heavy (non-hydrogen) atoms. The van der Waals surface area contributed by atoms with Gasteiger partial charge < -0.3 is 10.8 Å². The van der Waals surface area contributed by atoms with E-state index in [1.54, 1.807) is 0 Å². The Balaban J connectivity index is 3.04. The average molecular weight is 361 g/mol. The minimum absolute atomic E-state index is 0.183. The lowest BCUT2D eigenvalue weighted by Crippen LogP contribution is -2.12. The zero-order valence-corrected chi connectivity index (χ0v) is 12.6. The molecule has 1 rings (SSSR count). The van der Waals surface area contributed by atoms with Crippen molar-refractivity contribution in [2.45, 2.75) is 9.79 Å². The monoisotopic (exact) mass is 361 g/mol. The molecule has 0 saturated heterocycles. The fraction of sp³-hybridized carbons (Fsp3) is 0.250. The SMILES string of the molecule is Nc1cc(S(=O)CCOS(=O)(=O)O)cc(S(=O)(=O)O)c1O. The molecule has 120 valence electrons. The van der Waals surface area contributed by atoms with Crippen LogP contribution < -0.4 is 5.73 Å². The van der Waals surface area contributed by atoms with Crippen molar-refractivity contribution in [3.8, 4) is 5.75 Å². The Morgan fingerprint density at radius 1 is 1.19 bits per heavy atom. The summed E-state index contributed by atoms with van der Waals surface area (Å²) < 4.78 is 75.7. The van der Waals surface area contributed by atoms with E-state index in [0.29, 0.717) is 0 Å². The molecule has 1 aromatic rings. The van der Waals surface area contributed by atoms with E-state index in [4.69, 9.17) is 14.8 Å². The van der Waals surface area contributed by atoms with E-state index < -0.39 is 60.0 Å². The van der Waals surface area contributed by atoms with Crippen molar-refractivity contribution in [3.63, 3.8) is 0 Å². The van der Waals surface area contributed by atoms with Crippen LogP contribution in [0.3, 0.4) is 0 Å². The van der Waals surface area contributed by atoms with Crippen LogP contribution >= 0.6 is 0 Å². The highest BCUT2D eigenvalue weighted by Crippen LogP contribution is 2.31. The van der Waals surface area contributed by atoms with Gasteiger partial charge in [-0.1, -0.05) is 0 Å². The molecule has 1 atom stereocenters. The van der Waals surface area contributed by atoms with Crippen LogP contribution in [0.5, 0.6) is 5.75 Å².